The highest BCUT2D eigenvalue weighted by Crippen LogP contribution is 2.36. The molecule has 21 heavy (non-hydrogen) atoms. The van der Waals surface area contributed by atoms with Crippen molar-refractivity contribution in [1.29, 1.82) is 0 Å². The first-order chi connectivity index (χ1) is 10.2. The summed E-state index contributed by atoms with van der Waals surface area (Å²) in [5.41, 5.74) is 3.75. The van der Waals surface area contributed by atoms with Gasteiger partial charge in [0.1, 0.15) is 5.75 Å². The largest absolute Gasteiger partial charge is 0.493 e. The number of ether oxygens (including phenoxy) is 1. The van der Waals surface area contributed by atoms with Crippen LogP contribution in [0.1, 0.15) is 29.8 Å². The average Bonchev–Trinajstić information content (AvgIpc) is 3.08. The van der Waals surface area contributed by atoms with E-state index in [-0.39, 0.29) is 0 Å². The number of para-hydroxylation sites is 1. The topological polar surface area (TPSA) is 39.1 Å². The molecule has 1 N–H and O–H groups in total. The Balaban J connectivity index is 1.81. The summed E-state index contributed by atoms with van der Waals surface area (Å²) in [5.74, 6) is 1.42. The molecule has 0 radical (unpaired) electrons. The van der Waals surface area contributed by atoms with E-state index in [0.29, 0.717) is 12.0 Å². The molecule has 0 amide bonds. The first-order valence-corrected chi connectivity index (χ1v) is 7.63. The van der Waals surface area contributed by atoms with Crippen LogP contribution in [0.3, 0.4) is 0 Å². The molecule has 0 aliphatic carbocycles. The first kappa shape index (κ1) is 14.1. The molecule has 1 aromatic heterocycles. The predicted molar refractivity (Wildman–Crippen MR) is 83.8 cm³/mol. The van der Waals surface area contributed by atoms with Crippen molar-refractivity contribution in [2.45, 2.75) is 31.7 Å². The summed E-state index contributed by atoms with van der Waals surface area (Å²) in [5, 5.41) is 8.01. The lowest BCUT2D eigenvalue weighted by Crippen LogP contribution is -2.35. The van der Waals surface area contributed by atoms with Crippen molar-refractivity contribution >= 4 is 0 Å². The second-order valence-corrected chi connectivity index (χ2v) is 5.66. The van der Waals surface area contributed by atoms with E-state index >= 15 is 0 Å². The molecule has 0 spiro atoms. The Hall–Kier alpha value is -1.81. The van der Waals surface area contributed by atoms with Crippen LogP contribution < -0.4 is 10.1 Å². The highest BCUT2D eigenvalue weighted by molar-refractivity contribution is 5.40. The molecule has 4 heteroatoms. The molecule has 0 saturated heterocycles. The maximum atomic E-state index is 5.83. The molecule has 4 nitrogen and oxygen atoms in total. The normalized spacial score (nSPS) is 18.3. The van der Waals surface area contributed by atoms with Crippen LogP contribution in [0, 0.1) is 0 Å². The fraction of sp³-hybridized carbons (Fsp3) is 0.471. The van der Waals surface area contributed by atoms with Crippen molar-refractivity contribution in [2.75, 3.05) is 13.7 Å². The van der Waals surface area contributed by atoms with Crippen LogP contribution in [0.2, 0.25) is 0 Å². The van der Waals surface area contributed by atoms with Crippen LogP contribution in [0.15, 0.2) is 30.3 Å². The van der Waals surface area contributed by atoms with E-state index in [1.807, 2.05) is 24.8 Å². The van der Waals surface area contributed by atoms with Crippen molar-refractivity contribution < 1.29 is 4.74 Å². The monoisotopic (exact) mass is 285 g/mol. The Morgan fingerprint density at radius 1 is 1.43 bits per heavy atom. The first-order valence-electron chi connectivity index (χ1n) is 7.63. The number of benzene rings is 1. The second kappa shape index (κ2) is 5.90. The molecule has 1 aliphatic heterocycles. The van der Waals surface area contributed by atoms with Crippen molar-refractivity contribution in [2.24, 2.45) is 7.05 Å². The highest BCUT2D eigenvalue weighted by atomic mass is 16.5. The predicted octanol–water partition coefficient (Wildman–Crippen LogP) is 2.29. The molecule has 2 atom stereocenters. The number of nitrogens with one attached hydrogen (secondary N) is 1. The van der Waals surface area contributed by atoms with Gasteiger partial charge in [-0.3, -0.25) is 4.68 Å². The summed E-state index contributed by atoms with van der Waals surface area (Å²) in [6, 6.07) is 10.9. The quantitative estimate of drug-likeness (QED) is 0.916. The molecule has 0 fully saturated rings. The van der Waals surface area contributed by atoms with Crippen LogP contribution >= 0.6 is 0 Å². The number of rotatable bonds is 5. The summed E-state index contributed by atoms with van der Waals surface area (Å²) >= 11 is 0. The molecular weight excluding hydrogens is 262 g/mol. The van der Waals surface area contributed by atoms with Crippen molar-refractivity contribution in [1.82, 2.24) is 15.1 Å². The average molecular weight is 285 g/mol. The number of hydrogen-bond acceptors (Lipinski definition) is 3. The van der Waals surface area contributed by atoms with Crippen molar-refractivity contribution in [3.8, 4) is 5.75 Å². The van der Waals surface area contributed by atoms with Gasteiger partial charge in [0.25, 0.3) is 0 Å². The molecule has 1 aliphatic rings. The summed E-state index contributed by atoms with van der Waals surface area (Å²) in [4.78, 5) is 0. The Morgan fingerprint density at radius 3 is 2.95 bits per heavy atom. The van der Waals surface area contributed by atoms with Crippen LogP contribution in [-0.2, 0) is 19.9 Å². The number of nitrogens with zero attached hydrogens (tertiary/aromatic N) is 2. The standard InChI is InChI=1S/C17H23N3O/c1-4-12-9-13(20(3)19-12)10-16(18-2)15-11-21-17-8-6-5-7-14(15)17/h5-9,15-16,18H,4,10-11H2,1-3H3. The minimum atomic E-state index is 0.355. The molecule has 2 aromatic rings. The zero-order valence-corrected chi connectivity index (χ0v) is 13.0. The third kappa shape index (κ3) is 2.68. The van der Waals surface area contributed by atoms with Gasteiger partial charge in [-0.2, -0.15) is 5.10 Å². The maximum Gasteiger partial charge on any atom is 0.122 e. The Morgan fingerprint density at radius 2 is 2.24 bits per heavy atom. The molecule has 1 aromatic carbocycles. The van der Waals surface area contributed by atoms with Crippen LogP contribution in [0.25, 0.3) is 0 Å². The lowest BCUT2D eigenvalue weighted by Gasteiger charge is -2.22. The van der Waals surface area contributed by atoms with Gasteiger partial charge in [-0.05, 0) is 25.6 Å². The molecule has 0 bridgehead atoms. The zero-order chi connectivity index (χ0) is 14.8. The van der Waals surface area contributed by atoms with E-state index in [9.17, 15) is 0 Å². The SMILES string of the molecule is CCc1cc(CC(NC)C2COc3ccccc32)n(C)n1. The van der Waals surface area contributed by atoms with Crippen molar-refractivity contribution in [3.63, 3.8) is 0 Å². The summed E-state index contributed by atoms with van der Waals surface area (Å²) in [7, 11) is 4.06. The number of aryl methyl sites for hydroxylation is 2. The Labute approximate surface area is 126 Å². The van der Waals surface area contributed by atoms with Gasteiger partial charge in [0, 0.05) is 36.7 Å². The van der Waals surface area contributed by atoms with E-state index < -0.39 is 0 Å². The lowest BCUT2D eigenvalue weighted by atomic mass is 9.90. The minimum absolute atomic E-state index is 0.355. The molecule has 2 heterocycles. The fourth-order valence-electron chi connectivity index (χ4n) is 3.13. The third-order valence-electron chi connectivity index (χ3n) is 4.41. The van der Waals surface area contributed by atoms with Gasteiger partial charge in [0.05, 0.1) is 12.3 Å². The smallest absolute Gasteiger partial charge is 0.122 e. The van der Waals surface area contributed by atoms with Gasteiger partial charge >= 0.3 is 0 Å². The van der Waals surface area contributed by atoms with E-state index in [0.717, 1.165) is 30.9 Å². The van der Waals surface area contributed by atoms with E-state index in [1.165, 1.54) is 11.3 Å². The number of fused-ring (bicyclic) bond motifs is 1. The summed E-state index contributed by atoms with van der Waals surface area (Å²) < 4.78 is 7.83. The van der Waals surface area contributed by atoms with Crippen molar-refractivity contribution in [3.05, 3.63) is 47.3 Å². The second-order valence-electron chi connectivity index (χ2n) is 5.66. The number of likely N-dealkylation sites (N-methyl/N-ethyl adjacent to an activating group) is 1. The molecule has 0 saturated carbocycles. The van der Waals surface area contributed by atoms with E-state index in [1.54, 1.807) is 0 Å². The van der Waals surface area contributed by atoms with Gasteiger partial charge < -0.3 is 10.1 Å². The van der Waals surface area contributed by atoms with E-state index in [4.69, 9.17) is 4.74 Å². The fourth-order valence-corrected chi connectivity index (χ4v) is 3.13. The van der Waals surface area contributed by atoms with Crippen LogP contribution in [0.4, 0.5) is 0 Å². The summed E-state index contributed by atoms with van der Waals surface area (Å²) in [6.07, 6.45) is 1.94. The van der Waals surface area contributed by atoms with Gasteiger partial charge in [-0.25, -0.2) is 0 Å². The van der Waals surface area contributed by atoms with Gasteiger partial charge in [-0.1, -0.05) is 25.1 Å². The molecular formula is C17H23N3O. The number of hydrogen-bond donors (Lipinski definition) is 1. The molecule has 3 rings (SSSR count). The Kier molecular flexibility index (Phi) is 3.97. The molecule has 112 valence electrons. The van der Waals surface area contributed by atoms with Crippen LogP contribution in [-0.4, -0.2) is 29.5 Å². The maximum absolute atomic E-state index is 5.83. The minimum Gasteiger partial charge on any atom is -0.493 e. The zero-order valence-electron chi connectivity index (χ0n) is 13.0. The third-order valence-corrected chi connectivity index (χ3v) is 4.41. The van der Waals surface area contributed by atoms with Gasteiger partial charge in [0.2, 0.25) is 0 Å². The number of aromatic nitrogens is 2. The molecule has 2 unspecified atom stereocenters. The van der Waals surface area contributed by atoms with Crippen LogP contribution in [0.5, 0.6) is 5.75 Å². The lowest BCUT2D eigenvalue weighted by molar-refractivity contribution is 0.300. The van der Waals surface area contributed by atoms with Gasteiger partial charge in [0.15, 0.2) is 0 Å². The Bertz CT molecular complexity index is 620. The summed E-state index contributed by atoms with van der Waals surface area (Å²) in [6.45, 7) is 2.89. The van der Waals surface area contributed by atoms with E-state index in [2.05, 4.69) is 41.6 Å². The van der Waals surface area contributed by atoms with Gasteiger partial charge in [-0.15, -0.1) is 0 Å². The highest BCUT2D eigenvalue weighted by Gasteiger charge is 2.31.